The largest absolute Gasteiger partial charge is 0.484 e. The van der Waals surface area contributed by atoms with Crippen LogP contribution in [0.1, 0.15) is 19.4 Å². The second-order valence-electron chi connectivity index (χ2n) is 6.81. The molecule has 1 fully saturated rings. The van der Waals surface area contributed by atoms with Gasteiger partial charge >= 0.3 is 0 Å². The Balaban J connectivity index is 1.53. The van der Waals surface area contributed by atoms with Gasteiger partial charge in [-0.2, -0.15) is 0 Å². The fourth-order valence-corrected chi connectivity index (χ4v) is 3.59. The van der Waals surface area contributed by atoms with Gasteiger partial charge in [-0.05, 0) is 50.2 Å². The van der Waals surface area contributed by atoms with Gasteiger partial charge in [0.05, 0.1) is 22.9 Å². The number of carbonyl (C=O) groups is 1. The van der Waals surface area contributed by atoms with Gasteiger partial charge in [0.25, 0.3) is 5.91 Å². The van der Waals surface area contributed by atoms with E-state index in [9.17, 15) is 4.79 Å². The number of nitrogens with one attached hydrogen (secondary N) is 1. The number of ether oxygens (including phenoxy) is 2. The first-order chi connectivity index (χ1) is 13.4. The molecular formula is C21H23ClN2O3S. The van der Waals surface area contributed by atoms with E-state index in [1.807, 2.05) is 24.3 Å². The van der Waals surface area contributed by atoms with Crippen LogP contribution in [0.25, 0.3) is 0 Å². The van der Waals surface area contributed by atoms with Crippen molar-refractivity contribution in [2.75, 3.05) is 25.0 Å². The quantitative estimate of drug-likeness (QED) is 0.739. The highest BCUT2D eigenvalue weighted by atomic mass is 35.5. The van der Waals surface area contributed by atoms with E-state index in [-0.39, 0.29) is 24.7 Å². The summed E-state index contributed by atoms with van der Waals surface area (Å²) in [4.78, 5) is 15.0. The lowest BCUT2D eigenvalue weighted by molar-refractivity contribution is -0.118. The number of carbonyl (C=O) groups excluding carboxylic acids is 1. The minimum Gasteiger partial charge on any atom is -0.484 e. The Labute approximate surface area is 175 Å². The first-order valence-electron chi connectivity index (χ1n) is 9.14. The van der Waals surface area contributed by atoms with E-state index in [4.69, 9.17) is 33.3 Å². The van der Waals surface area contributed by atoms with E-state index in [1.54, 1.807) is 24.3 Å². The van der Waals surface area contributed by atoms with Crippen molar-refractivity contribution in [2.24, 2.45) is 0 Å². The van der Waals surface area contributed by atoms with E-state index in [0.717, 1.165) is 23.6 Å². The summed E-state index contributed by atoms with van der Waals surface area (Å²) < 4.78 is 11.3. The van der Waals surface area contributed by atoms with Crippen LogP contribution in [0.2, 0.25) is 5.02 Å². The zero-order valence-corrected chi connectivity index (χ0v) is 17.4. The van der Waals surface area contributed by atoms with Crippen LogP contribution in [0.4, 0.5) is 5.69 Å². The molecule has 1 heterocycles. The molecule has 5 nitrogen and oxygen atoms in total. The van der Waals surface area contributed by atoms with Crippen LogP contribution < -0.4 is 10.1 Å². The Kier molecular flexibility index (Phi) is 6.88. The number of morpholine rings is 1. The number of hydrogen-bond donors (Lipinski definition) is 1. The Hall–Kier alpha value is -2.15. The van der Waals surface area contributed by atoms with Crippen LogP contribution in [-0.4, -0.2) is 47.7 Å². The predicted molar refractivity (Wildman–Crippen MR) is 115 cm³/mol. The number of thiocarbonyl (C=S) groups is 1. The number of para-hydroxylation sites is 1. The summed E-state index contributed by atoms with van der Waals surface area (Å²) in [7, 11) is 0. The monoisotopic (exact) mass is 418 g/mol. The molecule has 0 unspecified atom stereocenters. The number of nitrogens with zero attached hydrogens (tertiary/aromatic N) is 1. The Morgan fingerprint density at radius 3 is 2.46 bits per heavy atom. The molecule has 1 aliphatic heterocycles. The van der Waals surface area contributed by atoms with Gasteiger partial charge < -0.3 is 19.7 Å². The molecule has 0 radical (unpaired) electrons. The normalized spacial score (nSPS) is 19.2. The highest BCUT2D eigenvalue weighted by molar-refractivity contribution is 7.80. The highest BCUT2D eigenvalue weighted by Crippen LogP contribution is 2.21. The number of amides is 1. The molecule has 3 rings (SSSR count). The van der Waals surface area contributed by atoms with Crippen molar-refractivity contribution in [3.8, 4) is 5.75 Å². The van der Waals surface area contributed by atoms with Crippen molar-refractivity contribution >= 4 is 40.4 Å². The van der Waals surface area contributed by atoms with E-state index in [2.05, 4.69) is 24.1 Å². The van der Waals surface area contributed by atoms with Crippen LogP contribution in [-0.2, 0) is 9.53 Å². The zero-order chi connectivity index (χ0) is 20.1. The molecule has 2 atom stereocenters. The van der Waals surface area contributed by atoms with Crippen LogP contribution in [0.15, 0.2) is 48.5 Å². The van der Waals surface area contributed by atoms with Crippen LogP contribution in [0.5, 0.6) is 5.75 Å². The maximum Gasteiger partial charge on any atom is 0.262 e. The minimum atomic E-state index is -0.274. The molecule has 0 aliphatic carbocycles. The Bertz CT molecular complexity index is 834. The van der Waals surface area contributed by atoms with Crippen molar-refractivity contribution < 1.29 is 14.3 Å². The molecule has 148 valence electrons. The summed E-state index contributed by atoms with van der Waals surface area (Å²) in [6.07, 6.45) is 0.307. The van der Waals surface area contributed by atoms with Gasteiger partial charge in [0, 0.05) is 18.7 Å². The molecule has 0 saturated carbocycles. The number of halogens is 1. The summed E-state index contributed by atoms with van der Waals surface area (Å²) in [6, 6.07) is 14.5. The lowest BCUT2D eigenvalue weighted by atomic mass is 10.1. The SMILES string of the molecule is C[C@H]1CN(C(=S)c2ccc(OCC(=O)Nc3ccccc3Cl)cc2)C[C@H](C)O1. The third-order valence-corrected chi connectivity index (χ3v) is 5.15. The maximum absolute atomic E-state index is 12.0. The average molecular weight is 419 g/mol. The van der Waals surface area contributed by atoms with Gasteiger partial charge in [-0.25, -0.2) is 0 Å². The van der Waals surface area contributed by atoms with Gasteiger partial charge in [-0.15, -0.1) is 0 Å². The Morgan fingerprint density at radius 2 is 1.82 bits per heavy atom. The Morgan fingerprint density at radius 1 is 1.18 bits per heavy atom. The molecule has 2 aromatic carbocycles. The molecule has 1 amide bonds. The molecule has 7 heteroatoms. The lowest BCUT2D eigenvalue weighted by Crippen LogP contribution is -2.47. The van der Waals surface area contributed by atoms with Crippen LogP contribution in [0, 0.1) is 0 Å². The first-order valence-corrected chi connectivity index (χ1v) is 9.93. The summed E-state index contributed by atoms with van der Waals surface area (Å²) in [5.74, 6) is 0.327. The standard InChI is InChI=1S/C21H23ClN2O3S/c1-14-11-24(12-15(2)27-14)21(28)16-7-9-17(10-8-16)26-13-20(25)23-19-6-4-3-5-18(19)22/h3-10,14-15H,11-13H2,1-2H3,(H,23,25)/t14-,15-/m0/s1. The van der Waals surface area contributed by atoms with Gasteiger partial charge in [-0.1, -0.05) is 36.0 Å². The summed E-state index contributed by atoms with van der Waals surface area (Å²) in [6.45, 7) is 5.56. The van der Waals surface area contributed by atoms with Crippen molar-refractivity contribution in [3.05, 3.63) is 59.1 Å². The molecule has 1 saturated heterocycles. The van der Waals surface area contributed by atoms with Crippen LogP contribution in [0.3, 0.4) is 0 Å². The van der Waals surface area contributed by atoms with E-state index in [1.165, 1.54) is 0 Å². The molecule has 1 N–H and O–H groups in total. The maximum atomic E-state index is 12.0. The second kappa shape index (κ2) is 9.37. The molecular weight excluding hydrogens is 396 g/mol. The summed E-state index contributed by atoms with van der Waals surface area (Å²) >= 11 is 11.7. The number of anilines is 1. The molecule has 28 heavy (non-hydrogen) atoms. The first kappa shape index (κ1) is 20.6. The molecule has 0 aromatic heterocycles. The number of benzene rings is 2. The van der Waals surface area contributed by atoms with E-state index in [0.29, 0.717) is 16.5 Å². The number of hydrogen-bond acceptors (Lipinski definition) is 4. The highest BCUT2D eigenvalue weighted by Gasteiger charge is 2.24. The smallest absolute Gasteiger partial charge is 0.262 e. The fraction of sp³-hybridized carbons (Fsp3) is 0.333. The van der Waals surface area contributed by atoms with Gasteiger partial charge in [-0.3, -0.25) is 4.79 Å². The topological polar surface area (TPSA) is 50.8 Å². The van der Waals surface area contributed by atoms with Crippen molar-refractivity contribution in [1.82, 2.24) is 4.90 Å². The lowest BCUT2D eigenvalue weighted by Gasteiger charge is -2.37. The van der Waals surface area contributed by atoms with Crippen LogP contribution >= 0.6 is 23.8 Å². The van der Waals surface area contributed by atoms with Crippen molar-refractivity contribution in [3.63, 3.8) is 0 Å². The van der Waals surface area contributed by atoms with Gasteiger partial charge in [0.15, 0.2) is 6.61 Å². The predicted octanol–water partition coefficient (Wildman–Crippen LogP) is 4.14. The number of rotatable bonds is 5. The summed E-state index contributed by atoms with van der Waals surface area (Å²) in [5.41, 5.74) is 1.51. The van der Waals surface area contributed by atoms with Crippen molar-refractivity contribution in [1.29, 1.82) is 0 Å². The average Bonchev–Trinajstić information content (AvgIpc) is 2.67. The molecule has 2 aromatic rings. The minimum absolute atomic E-state index is 0.104. The zero-order valence-electron chi connectivity index (χ0n) is 15.9. The molecule has 0 spiro atoms. The van der Waals surface area contributed by atoms with Gasteiger partial charge in [0.2, 0.25) is 0 Å². The molecule has 0 bridgehead atoms. The second-order valence-corrected chi connectivity index (χ2v) is 7.60. The van der Waals surface area contributed by atoms with Crippen molar-refractivity contribution in [2.45, 2.75) is 26.1 Å². The third-order valence-electron chi connectivity index (χ3n) is 4.33. The van der Waals surface area contributed by atoms with E-state index >= 15 is 0 Å². The molecule has 1 aliphatic rings. The summed E-state index contributed by atoms with van der Waals surface area (Å²) in [5, 5.41) is 3.21. The van der Waals surface area contributed by atoms with Gasteiger partial charge in [0.1, 0.15) is 10.7 Å². The van der Waals surface area contributed by atoms with E-state index < -0.39 is 0 Å². The fourth-order valence-electron chi connectivity index (χ4n) is 3.12. The third kappa shape index (κ3) is 5.44.